The number of methoxy groups -OCH3 is 2. The third-order valence-corrected chi connectivity index (χ3v) is 3.66. The fraction of sp³-hybridized carbons (Fsp3) is 0.444. The van der Waals surface area contributed by atoms with E-state index in [1.54, 1.807) is 31.2 Å². The molecular weight excluding hydrogens is 312 g/mol. The predicted octanol–water partition coefficient (Wildman–Crippen LogP) is 2.76. The predicted molar refractivity (Wildman–Crippen MR) is 87.2 cm³/mol. The van der Waals surface area contributed by atoms with Gasteiger partial charge >= 0.3 is 11.9 Å². The van der Waals surface area contributed by atoms with E-state index in [2.05, 4.69) is 0 Å². The van der Waals surface area contributed by atoms with Crippen LogP contribution in [0.3, 0.4) is 0 Å². The lowest BCUT2D eigenvalue weighted by molar-refractivity contribution is -0.137. The molecule has 0 N–H and O–H groups in total. The normalized spacial score (nSPS) is 15.0. The monoisotopic (exact) mass is 334 g/mol. The molecule has 0 unspecified atom stereocenters. The zero-order valence-electron chi connectivity index (χ0n) is 14.1. The molecule has 0 amide bonds. The maximum absolute atomic E-state index is 12.4. The SMILES string of the molecule is CCOC(=O)/C=C/[C@H](OC(=O)c1ccc(OC)c(OC)c1)C1CC1. The summed E-state index contributed by atoms with van der Waals surface area (Å²) in [5.41, 5.74) is 0.364. The van der Waals surface area contributed by atoms with E-state index < -0.39 is 18.0 Å². The van der Waals surface area contributed by atoms with Gasteiger partial charge in [-0.05, 0) is 50.0 Å². The summed E-state index contributed by atoms with van der Waals surface area (Å²) in [5, 5.41) is 0. The lowest BCUT2D eigenvalue weighted by Gasteiger charge is -2.14. The molecule has 24 heavy (non-hydrogen) atoms. The van der Waals surface area contributed by atoms with Gasteiger partial charge in [0.25, 0.3) is 0 Å². The number of carbonyl (C=O) groups is 2. The van der Waals surface area contributed by atoms with E-state index in [1.165, 1.54) is 20.3 Å². The maximum atomic E-state index is 12.4. The van der Waals surface area contributed by atoms with Gasteiger partial charge in [0.2, 0.25) is 0 Å². The third-order valence-electron chi connectivity index (χ3n) is 3.66. The number of hydrogen-bond donors (Lipinski definition) is 0. The molecule has 0 spiro atoms. The van der Waals surface area contributed by atoms with Crippen molar-refractivity contribution in [2.24, 2.45) is 5.92 Å². The second-order valence-electron chi connectivity index (χ2n) is 5.39. The first-order valence-corrected chi connectivity index (χ1v) is 7.87. The molecule has 0 aromatic heterocycles. The molecule has 0 heterocycles. The smallest absolute Gasteiger partial charge is 0.338 e. The second-order valence-corrected chi connectivity index (χ2v) is 5.39. The molecular formula is C18H22O6. The Balaban J connectivity index is 2.06. The van der Waals surface area contributed by atoms with Crippen LogP contribution >= 0.6 is 0 Å². The highest BCUT2D eigenvalue weighted by atomic mass is 16.5. The van der Waals surface area contributed by atoms with E-state index in [1.807, 2.05) is 0 Å². The first-order valence-electron chi connectivity index (χ1n) is 7.87. The van der Waals surface area contributed by atoms with Gasteiger partial charge in [0.1, 0.15) is 6.10 Å². The van der Waals surface area contributed by atoms with Gasteiger partial charge in [0, 0.05) is 6.08 Å². The van der Waals surface area contributed by atoms with Crippen LogP contribution in [0.5, 0.6) is 11.5 Å². The fourth-order valence-corrected chi connectivity index (χ4v) is 2.24. The molecule has 1 fully saturated rings. The highest BCUT2D eigenvalue weighted by molar-refractivity contribution is 5.90. The Kier molecular flexibility index (Phi) is 6.23. The van der Waals surface area contributed by atoms with Gasteiger partial charge in [0.05, 0.1) is 26.4 Å². The molecule has 6 heteroatoms. The van der Waals surface area contributed by atoms with Gasteiger partial charge in [-0.1, -0.05) is 0 Å². The molecule has 0 radical (unpaired) electrons. The molecule has 0 saturated heterocycles. The van der Waals surface area contributed by atoms with Crippen LogP contribution in [0.2, 0.25) is 0 Å². The van der Waals surface area contributed by atoms with E-state index >= 15 is 0 Å². The summed E-state index contributed by atoms with van der Waals surface area (Å²) in [6.45, 7) is 2.05. The lowest BCUT2D eigenvalue weighted by atomic mass is 10.2. The molecule has 1 aromatic rings. The lowest BCUT2D eigenvalue weighted by Crippen LogP contribution is -2.19. The molecule has 1 saturated carbocycles. The van der Waals surface area contributed by atoms with E-state index in [0.717, 1.165) is 12.8 Å². The van der Waals surface area contributed by atoms with Gasteiger partial charge in [-0.3, -0.25) is 0 Å². The maximum Gasteiger partial charge on any atom is 0.338 e. The number of carbonyl (C=O) groups excluding carboxylic acids is 2. The Labute approximate surface area is 141 Å². The third kappa shape index (κ3) is 4.75. The summed E-state index contributed by atoms with van der Waals surface area (Å²) in [7, 11) is 3.03. The van der Waals surface area contributed by atoms with Crippen LogP contribution in [0, 0.1) is 5.92 Å². The van der Waals surface area contributed by atoms with Crippen LogP contribution in [0.1, 0.15) is 30.1 Å². The zero-order chi connectivity index (χ0) is 17.5. The van der Waals surface area contributed by atoms with E-state index in [0.29, 0.717) is 23.7 Å². The Bertz CT molecular complexity index is 618. The molecule has 2 rings (SSSR count). The van der Waals surface area contributed by atoms with Crippen molar-refractivity contribution in [3.8, 4) is 11.5 Å². The number of esters is 2. The van der Waals surface area contributed by atoms with Crippen molar-refractivity contribution in [1.82, 2.24) is 0 Å². The summed E-state index contributed by atoms with van der Waals surface area (Å²) < 4.78 is 20.7. The summed E-state index contributed by atoms with van der Waals surface area (Å²) in [6.07, 6.45) is 4.41. The summed E-state index contributed by atoms with van der Waals surface area (Å²) >= 11 is 0. The number of ether oxygens (including phenoxy) is 4. The number of hydrogen-bond acceptors (Lipinski definition) is 6. The van der Waals surface area contributed by atoms with Crippen LogP contribution in [-0.2, 0) is 14.3 Å². The van der Waals surface area contributed by atoms with Crippen molar-refractivity contribution in [2.45, 2.75) is 25.9 Å². The van der Waals surface area contributed by atoms with Gasteiger partial charge in [-0.2, -0.15) is 0 Å². The Morgan fingerprint density at radius 1 is 1.21 bits per heavy atom. The van der Waals surface area contributed by atoms with Crippen molar-refractivity contribution >= 4 is 11.9 Å². The van der Waals surface area contributed by atoms with Crippen LogP contribution in [0.25, 0.3) is 0 Å². The molecule has 1 aromatic carbocycles. The second kappa shape index (κ2) is 8.38. The molecule has 6 nitrogen and oxygen atoms in total. The molecule has 0 bridgehead atoms. The standard InChI is InChI=1S/C18H22O6/c1-4-23-17(19)10-9-14(12-5-6-12)24-18(20)13-7-8-15(21-2)16(11-13)22-3/h7-12,14H,4-6H2,1-3H3/b10-9+/t14-/m0/s1. The summed E-state index contributed by atoms with van der Waals surface area (Å²) in [6, 6.07) is 4.83. The van der Waals surface area contributed by atoms with Gasteiger partial charge in [-0.15, -0.1) is 0 Å². The first kappa shape index (κ1) is 17.8. The number of rotatable bonds is 8. The fourth-order valence-electron chi connectivity index (χ4n) is 2.24. The van der Waals surface area contributed by atoms with Crippen molar-refractivity contribution in [2.75, 3.05) is 20.8 Å². The highest BCUT2D eigenvalue weighted by Gasteiger charge is 2.33. The van der Waals surface area contributed by atoms with Crippen LogP contribution in [0.4, 0.5) is 0 Å². The van der Waals surface area contributed by atoms with Crippen molar-refractivity contribution < 1.29 is 28.5 Å². The minimum atomic E-state index is -0.471. The van der Waals surface area contributed by atoms with Crippen molar-refractivity contribution in [1.29, 1.82) is 0 Å². The topological polar surface area (TPSA) is 71.1 Å². The van der Waals surface area contributed by atoms with Crippen molar-refractivity contribution in [3.63, 3.8) is 0 Å². The Hall–Kier alpha value is -2.50. The largest absolute Gasteiger partial charge is 0.493 e. The van der Waals surface area contributed by atoms with Crippen LogP contribution in [-0.4, -0.2) is 38.9 Å². The summed E-state index contributed by atoms with van der Waals surface area (Å²) in [5.74, 6) is 0.332. The van der Waals surface area contributed by atoms with Crippen LogP contribution in [0.15, 0.2) is 30.4 Å². The average molecular weight is 334 g/mol. The molecule has 130 valence electrons. The highest BCUT2D eigenvalue weighted by Crippen LogP contribution is 2.36. The summed E-state index contributed by atoms with van der Waals surface area (Å²) in [4.78, 5) is 23.8. The number of benzene rings is 1. The first-order chi connectivity index (χ1) is 11.6. The van der Waals surface area contributed by atoms with Gasteiger partial charge in [0.15, 0.2) is 11.5 Å². The quantitative estimate of drug-likeness (QED) is 0.538. The zero-order valence-corrected chi connectivity index (χ0v) is 14.1. The van der Waals surface area contributed by atoms with E-state index in [4.69, 9.17) is 18.9 Å². The molecule has 1 aliphatic rings. The molecule has 1 aliphatic carbocycles. The van der Waals surface area contributed by atoms with Crippen molar-refractivity contribution in [3.05, 3.63) is 35.9 Å². The van der Waals surface area contributed by atoms with E-state index in [9.17, 15) is 9.59 Å². The molecule has 1 atom stereocenters. The van der Waals surface area contributed by atoms with Crippen LogP contribution < -0.4 is 9.47 Å². The average Bonchev–Trinajstić information content (AvgIpc) is 3.42. The Morgan fingerprint density at radius 3 is 2.50 bits per heavy atom. The Morgan fingerprint density at radius 2 is 1.92 bits per heavy atom. The minimum absolute atomic E-state index is 0.250. The van der Waals surface area contributed by atoms with Gasteiger partial charge in [-0.25, -0.2) is 9.59 Å². The molecule has 0 aliphatic heterocycles. The minimum Gasteiger partial charge on any atom is -0.493 e. The van der Waals surface area contributed by atoms with E-state index in [-0.39, 0.29) is 5.92 Å². The van der Waals surface area contributed by atoms with Gasteiger partial charge < -0.3 is 18.9 Å².